The van der Waals surface area contributed by atoms with Gasteiger partial charge in [-0.05, 0) is 75.6 Å². The number of carbonyl (C=O) groups excluding carboxylic acids is 2. The summed E-state index contributed by atoms with van der Waals surface area (Å²) < 4.78 is 5.58. The lowest BCUT2D eigenvalue weighted by molar-refractivity contribution is -0.142. The van der Waals surface area contributed by atoms with Gasteiger partial charge in [-0.25, -0.2) is 9.59 Å². The highest BCUT2D eigenvalue weighted by Crippen LogP contribution is 2.26. The summed E-state index contributed by atoms with van der Waals surface area (Å²) >= 11 is 0. The Balaban J connectivity index is 1.90. The molecule has 0 aliphatic rings. The number of urea groups is 1. The molecule has 8 nitrogen and oxygen atoms in total. The van der Waals surface area contributed by atoms with Crippen LogP contribution >= 0.6 is 0 Å². The predicted octanol–water partition coefficient (Wildman–Crippen LogP) is 5.41. The Morgan fingerprint density at radius 3 is 2.06 bits per heavy atom. The molecule has 8 heteroatoms. The van der Waals surface area contributed by atoms with Crippen LogP contribution in [0, 0.1) is 20.8 Å². The van der Waals surface area contributed by atoms with Crippen LogP contribution in [0.1, 0.15) is 47.8 Å². The van der Waals surface area contributed by atoms with E-state index >= 15 is 0 Å². The summed E-state index contributed by atoms with van der Waals surface area (Å²) in [6, 6.07) is 12.9. The van der Waals surface area contributed by atoms with E-state index in [9.17, 15) is 19.5 Å². The number of ether oxygens (including phenoxy) is 1. The first-order valence-corrected chi connectivity index (χ1v) is 11.7. The second kappa shape index (κ2) is 10.8. The van der Waals surface area contributed by atoms with E-state index < -0.39 is 29.6 Å². The van der Waals surface area contributed by atoms with Crippen LogP contribution < -0.4 is 16.0 Å². The number of benzene rings is 3. The van der Waals surface area contributed by atoms with Gasteiger partial charge in [-0.2, -0.15) is 0 Å². The van der Waals surface area contributed by atoms with Crippen LogP contribution in [-0.4, -0.2) is 41.3 Å². The minimum Gasteiger partial charge on any atom is -0.480 e. The van der Waals surface area contributed by atoms with E-state index in [0.717, 1.165) is 27.5 Å². The van der Waals surface area contributed by atoms with Crippen molar-refractivity contribution in [1.82, 2.24) is 5.32 Å². The quantitative estimate of drug-likeness (QED) is 0.353. The first-order valence-electron chi connectivity index (χ1n) is 11.7. The zero-order chi connectivity index (χ0) is 26.6. The number of fused-ring (bicyclic) bond motifs is 1. The molecular weight excluding hydrogens is 458 g/mol. The maximum Gasteiger partial charge on any atom is 0.328 e. The highest BCUT2D eigenvalue weighted by molar-refractivity contribution is 6.10. The number of aryl methyl sites for hydroxylation is 3. The molecule has 3 rings (SSSR count). The van der Waals surface area contributed by atoms with E-state index in [-0.39, 0.29) is 17.9 Å². The maximum absolute atomic E-state index is 13.2. The second-order valence-corrected chi connectivity index (χ2v) is 9.89. The minimum atomic E-state index is -1.26. The van der Waals surface area contributed by atoms with Gasteiger partial charge >= 0.3 is 12.0 Å². The van der Waals surface area contributed by atoms with Crippen molar-refractivity contribution in [3.8, 4) is 0 Å². The highest BCUT2D eigenvalue weighted by atomic mass is 16.5. The molecule has 1 atom stereocenters. The zero-order valence-electron chi connectivity index (χ0n) is 21.5. The molecule has 3 aromatic rings. The van der Waals surface area contributed by atoms with Gasteiger partial charge < -0.3 is 25.8 Å². The number of aliphatic carboxylic acids is 1. The minimum absolute atomic E-state index is 0.142. The number of hydrogen-bond donors (Lipinski definition) is 4. The number of nitrogens with one attached hydrogen (secondary N) is 3. The monoisotopic (exact) mass is 491 g/mol. The molecule has 0 heterocycles. The molecule has 0 spiro atoms. The standard InChI is InChI=1S/C28H33N3O5/c1-16-11-17(2)24(18(3)12-16)31-27(35)30-22-14-20-10-8-7-9-19(20)13-21(22)25(32)29-23(26(33)34)15-36-28(4,5)6/h7-14,23H,15H2,1-6H3,(H,29,32)(H,33,34)(H2,30,31,35)/t23-/m0/s1. The van der Waals surface area contributed by atoms with Crippen LogP contribution in [-0.2, 0) is 9.53 Å². The summed E-state index contributed by atoms with van der Waals surface area (Å²) in [4.78, 5) is 38.0. The largest absolute Gasteiger partial charge is 0.480 e. The van der Waals surface area contributed by atoms with Gasteiger partial charge in [-0.3, -0.25) is 4.79 Å². The Hall–Kier alpha value is -3.91. The van der Waals surface area contributed by atoms with Crippen LogP contribution in [0.2, 0.25) is 0 Å². The SMILES string of the molecule is Cc1cc(C)c(NC(=O)Nc2cc3ccccc3cc2C(=O)N[C@@H](COC(C)(C)C)C(=O)O)c(C)c1. The number of hydrogen-bond acceptors (Lipinski definition) is 4. The summed E-state index contributed by atoms with van der Waals surface area (Å²) in [5, 5.41) is 19.4. The molecule has 0 fully saturated rings. The lowest BCUT2D eigenvalue weighted by atomic mass is 10.0. The molecule has 4 N–H and O–H groups in total. The van der Waals surface area contributed by atoms with Gasteiger partial charge in [0, 0.05) is 5.69 Å². The summed E-state index contributed by atoms with van der Waals surface area (Å²) in [6.07, 6.45) is 0. The molecule has 36 heavy (non-hydrogen) atoms. The van der Waals surface area contributed by atoms with Crippen molar-refractivity contribution in [3.05, 3.63) is 70.8 Å². The Labute approximate surface area is 211 Å². The topological polar surface area (TPSA) is 117 Å². The van der Waals surface area contributed by atoms with Crippen molar-refractivity contribution >= 4 is 40.1 Å². The molecule has 3 amide bonds. The number of rotatable bonds is 7. The summed E-state index contributed by atoms with van der Waals surface area (Å²) in [7, 11) is 0. The fourth-order valence-corrected chi connectivity index (χ4v) is 3.92. The van der Waals surface area contributed by atoms with Gasteiger partial charge in [0.25, 0.3) is 5.91 Å². The molecule has 0 bridgehead atoms. The average Bonchev–Trinajstić information content (AvgIpc) is 2.77. The van der Waals surface area contributed by atoms with Crippen LogP contribution in [0.3, 0.4) is 0 Å². The van der Waals surface area contributed by atoms with E-state index in [2.05, 4.69) is 16.0 Å². The van der Waals surface area contributed by atoms with Crippen molar-refractivity contribution in [3.63, 3.8) is 0 Å². The average molecular weight is 492 g/mol. The summed E-state index contributed by atoms with van der Waals surface area (Å²) in [6.45, 7) is 11.0. The number of carbonyl (C=O) groups is 3. The van der Waals surface area contributed by atoms with Crippen LogP contribution in [0.4, 0.5) is 16.2 Å². The molecule has 3 aromatic carbocycles. The van der Waals surface area contributed by atoms with E-state index in [0.29, 0.717) is 5.69 Å². The van der Waals surface area contributed by atoms with Crippen LogP contribution in [0.5, 0.6) is 0 Å². The molecule has 190 valence electrons. The Bertz CT molecular complexity index is 1290. The van der Waals surface area contributed by atoms with E-state index in [1.165, 1.54) is 0 Å². The normalized spacial score (nSPS) is 12.2. The summed E-state index contributed by atoms with van der Waals surface area (Å²) in [5.41, 5.74) is 3.45. The van der Waals surface area contributed by atoms with E-state index in [4.69, 9.17) is 4.74 Å². The maximum atomic E-state index is 13.2. The number of amides is 3. The first kappa shape index (κ1) is 26.7. The molecule has 0 saturated carbocycles. The Kier molecular flexibility index (Phi) is 8.00. The third-order valence-corrected chi connectivity index (χ3v) is 5.58. The van der Waals surface area contributed by atoms with Gasteiger partial charge in [0.1, 0.15) is 0 Å². The van der Waals surface area contributed by atoms with Crippen molar-refractivity contribution < 1.29 is 24.2 Å². The predicted molar refractivity (Wildman–Crippen MR) is 142 cm³/mol. The van der Waals surface area contributed by atoms with Crippen molar-refractivity contribution in [2.24, 2.45) is 0 Å². The number of carboxylic acid groups (broad SMARTS) is 1. The zero-order valence-corrected chi connectivity index (χ0v) is 21.5. The van der Waals surface area contributed by atoms with Crippen molar-refractivity contribution in [2.75, 3.05) is 17.2 Å². The number of anilines is 2. The Morgan fingerprint density at radius 1 is 0.917 bits per heavy atom. The Morgan fingerprint density at radius 2 is 1.50 bits per heavy atom. The molecule has 0 aliphatic heterocycles. The third-order valence-electron chi connectivity index (χ3n) is 5.58. The molecule has 0 aliphatic carbocycles. The lowest BCUT2D eigenvalue weighted by Gasteiger charge is -2.23. The van der Waals surface area contributed by atoms with Crippen LogP contribution in [0.25, 0.3) is 10.8 Å². The molecule has 0 unspecified atom stereocenters. The van der Waals surface area contributed by atoms with Gasteiger partial charge in [0.05, 0.1) is 23.5 Å². The molecular formula is C28H33N3O5. The van der Waals surface area contributed by atoms with Crippen molar-refractivity contribution in [2.45, 2.75) is 53.2 Å². The van der Waals surface area contributed by atoms with Gasteiger partial charge in [-0.15, -0.1) is 0 Å². The highest BCUT2D eigenvalue weighted by Gasteiger charge is 2.25. The van der Waals surface area contributed by atoms with Gasteiger partial charge in [0.2, 0.25) is 0 Å². The van der Waals surface area contributed by atoms with Gasteiger partial charge in [-0.1, -0.05) is 42.0 Å². The summed E-state index contributed by atoms with van der Waals surface area (Å²) in [5.74, 6) is -1.85. The fraction of sp³-hybridized carbons (Fsp3) is 0.321. The third kappa shape index (κ3) is 6.82. The smallest absolute Gasteiger partial charge is 0.328 e. The van der Waals surface area contributed by atoms with Crippen LogP contribution in [0.15, 0.2) is 48.5 Å². The second-order valence-electron chi connectivity index (χ2n) is 9.89. The first-order chi connectivity index (χ1) is 16.8. The number of carboxylic acids is 1. The fourth-order valence-electron chi connectivity index (χ4n) is 3.92. The molecule has 0 radical (unpaired) electrons. The lowest BCUT2D eigenvalue weighted by Crippen LogP contribution is -2.45. The van der Waals surface area contributed by atoms with E-state index in [1.807, 2.05) is 57.2 Å². The van der Waals surface area contributed by atoms with E-state index in [1.54, 1.807) is 32.9 Å². The van der Waals surface area contributed by atoms with Crippen molar-refractivity contribution in [1.29, 1.82) is 0 Å². The molecule has 0 saturated heterocycles. The molecule has 0 aromatic heterocycles. The van der Waals surface area contributed by atoms with Gasteiger partial charge in [0.15, 0.2) is 6.04 Å².